The predicted octanol–water partition coefficient (Wildman–Crippen LogP) is 2.32. The molecule has 0 fully saturated rings. The summed E-state index contributed by atoms with van der Waals surface area (Å²) in [5, 5.41) is 4.12. The minimum atomic E-state index is 0.243. The van der Waals surface area contributed by atoms with Crippen molar-refractivity contribution in [1.29, 1.82) is 0 Å². The fourth-order valence-corrected chi connectivity index (χ4v) is 1.87. The predicted molar refractivity (Wildman–Crippen MR) is 54.4 cm³/mol. The van der Waals surface area contributed by atoms with E-state index in [1.165, 1.54) is 5.56 Å². The van der Waals surface area contributed by atoms with Gasteiger partial charge in [-0.2, -0.15) is 0 Å². The lowest BCUT2D eigenvalue weighted by Crippen LogP contribution is -2.29. The molecule has 1 N–H and O–H groups in total. The summed E-state index contributed by atoms with van der Waals surface area (Å²) < 4.78 is 5.28. The molecule has 0 aliphatic carbocycles. The minimum absolute atomic E-state index is 0.243. The van der Waals surface area contributed by atoms with Gasteiger partial charge in [-0.05, 0) is 17.7 Å². The van der Waals surface area contributed by atoms with Gasteiger partial charge in [-0.3, -0.25) is 0 Å². The molecule has 1 aromatic rings. The first-order valence-corrected chi connectivity index (χ1v) is 4.73. The van der Waals surface area contributed by atoms with Gasteiger partial charge in [0.05, 0.1) is 6.10 Å². The van der Waals surface area contributed by atoms with Gasteiger partial charge in [-0.25, -0.2) is 0 Å². The normalized spacial score (nSPS) is 20.6. The number of fused-ring (bicyclic) bond motifs is 1. The third kappa shape index (κ3) is 1.64. The van der Waals surface area contributed by atoms with Crippen LogP contribution in [0.5, 0.6) is 0 Å². The Bertz CT molecular complexity index is 314. The molecule has 0 aromatic heterocycles. The van der Waals surface area contributed by atoms with Gasteiger partial charge in [-0.1, -0.05) is 17.7 Å². The molecule has 1 aromatic carbocycles. The van der Waals surface area contributed by atoms with Gasteiger partial charge in [0.1, 0.15) is 0 Å². The zero-order valence-corrected chi connectivity index (χ0v) is 8.27. The second kappa shape index (κ2) is 3.56. The molecule has 13 heavy (non-hydrogen) atoms. The molecule has 0 saturated heterocycles. The summed E-state index contributed by atoms with van der Waals surface area (Å²) in [6, 6.07) is 5.93. The van der Waals surface area contributed by atoms with Gasteiger partial charge in [0, 0.05) is 30.8 Å². The zero-order valence-electron chi connectivity index (χ0n) is 7.51. The van der Waals surface area contributed by atoms with E-state index in [9.17, 15) is 0 Å². The van der Waals surface area contributed by atoms with E-state index in [2.05, 4.69) is 5.32 Å². The molecule has 1 aliphatic heterocycles. The summed E-state index contributed by atoms with van der Waals surface area (Å²) in [6.07, 6.45) is 1.14. The van der Waals surface area contributed by atoms with Crippen molar-refractivity contribution < 1.29 is 4.74 Å². The van der Waals surface area contributed by atoms with E-state index in [0.717, 1.165) is 23.7 Å². The number of anilines is 1. The standard InChI is InChI=1S/C10H12ClNO/c1-13-7-5-8-9(11)3-2-4-10(8)12-6-7/h2-4,7,12H,5-6H2,1H3. The van der Waals surface area contributed by atoms with Crippen LogP contribution in [0.4, 0.5) is 5.69 Å². The Hall–Kier alpha value is -0.730. The van der Waals surface area contributed by atoms with Crippen LogP contribution >= 0.6 is 11.6 Å². The second-order valence-electron chi connectivity index (χ2n) is 3.21. The number of methoxy groups -OCH3 is 1. The Labute approximate surface area is 82.9 Å². The third-order valence-electron chi connectivity index (χ3n) is 2.40. The first kappa shape index (κ1) is 8.85. The number of hydrogen-bond acceptors (Lipinski definition) is 2. The van der Waals surface area contributed by atoms with E-state index in [-0.39, 0.29) is 6.10 Å². The third-order valence-corrected chi connectivity index (χ3v) is 2.76. The fraction of sp³-hybridized carbons (Fsp3) is 0.400. The molecule has 0 amide bonds. The van der Waals surface area contributed by atoms with Gasteiger partial charge < -0.3 is 10.1 Å². The molecule has 1 unspecified atom stereocenters. The van der Waals surface area contributed by atoms with Crippen LogP contribution in [0, 0.1) is 0 Å². The molecule has 3 heteroatoms. The van der Waals surface area contributed by atoms with Crippen molar-refractivity contribution in [3.63, 3.8) is 0 Å². The molecule has 2 rings (SSSR count). The first-order valence-electron chi connectivity index (χ1n) is 4.35. The maximum Gasteiger partial charge on any atom is 0.0785 e. The molecular weight excluding hydrogens is 186 g/mol. The Morgan fingerprint density at radius 2 is 2.38 bits per heavy atom. The number of hydrogen-bond donors (Lipinski definition) is 1. The fourth-order valence-electron chi connectivity index (χ4n) is 1.62. The van der Waals surface area contributed by atoms with Crippen LogP contribution in [0.3, 0.4) is 0 Å². The van der Waals surface area contributed by atoms with E-state index in [4.69, 9.17) is 16.3 Å². The highest BCUT2D eigenvalue weighted by Crippen LogP contribution is 2.29. The Morgan fingerprint density at radius 1 is 1.54 bits per heavy atom. The van der Waals surface area contributed by atoms with Gasteiger partial charge in [0.25, 0.3) is 0 Å². The van der Waals surface area contributed by atoms with Gasteiger partial charge in [-0.15, -0.1) is 0 Å². The van der Waals surface area contributed by atoms with Gasteiger partial charge >= 0.3 is 0 Å². The average molecular weight is 198 g/mol. The number of benzene rings is 1. The SMILES string of the molecule is COC1CNc2cccc(Cl)c2C1. The van der Waals surface area contributed by atoms with Gasteiger partial charge in [0.2, 0.25) is 0 Å². The molecule has 0 radical (unpaired) electrons. The highest BCUT2D eigenvalue weighted by atomic mass is 35.5. The summed E-state index contributed by atoms with van der Waals surface area (Å²) in [7, 11) is 1.73. The highest BCUT2D eigenvalue weighted by molar-refractivity contribution is 6.31. The Balaban J connectivity index is 2.32. The highest BCUT2D eigenvalue weighted by Gasteiger charge is 2.19. The summed E-state index contributed by atoms with van der Waals surface area (Å²) in [6.45, 7) is 0.865. The summed E-state index contributed by atoms with van der Waals surface area (Å²) >= 11 is 6.07. The first-order chi connectivity index (χ1) is 6.31. The van der Waals surface area contributed by atoms with Crippen molar-refractivity contribution in [3.05, 3.63) is 28.8 Å². The van der Waals surface area contributed by atoms with Crippen LogP contribution in [-0.2, 0) is 11.2 Å². The minimum Gasteiger partial charge on any atom is -0.382 e. The number of halogens is 1. The molecule has 1 heterocycles. The molecular formula is C10H12ClNO. The zero-order chi connectivity index (χ0) is 9.26. The number of nitrogens with one attached hydrogen (secondary N) is 1. The molecule has 0 bridgehead atoms. The van der Waals surface area contributed by atoms with Crippen LogP contribution in [0.25, 0.3) is 0 Å². The lowest BCUT2D eigenvalue weighted by Gasteiger charge is -2.25. The van der Waals surface area contributed by atoms with E-state index in [0.29, 0.717) is 0 Å². The Morgan fingerprint density at radius 3 is 3.15 bits per heavy atom. The van der Waals surface area contributed by atoms with E-state index in [1.54, 1.807) is 7.11 Å². The van der Waals surface area contributed by atoms with Crippen molar-refractivity contribution in [2.75, 3.05) is 19.0 Å². The summed E-state index contributed by atoms with van der Waals surface area (Å²) in [4.78, 5) is 0. The molecule has 0 spiro atoms. The Kier molecular flexibility index (Phi) is 2.42. The van der Waals surface area contributed by atoms with E-state index in [1.807, 2.05) is 18.2 Å². The van der Waals surface area contributed by atoms with Crippen LogP contribution in [0.15, 0.2) is 18.2 Å². The molecule has 1 aliphatic rings. The van der Waals surface area contributed by atoms with Crippen LogP contribution in [-0.4, -0.2) is 19.8 Å². The maximum atomic E-state index is 6.07. The number of ether oxygens (including phenoxy) is 1. The molecule has 1 atom stereocenters. The smallest absolute Gasteiger partial charge is 0.0785 e. The quantitative estimate of drug-likeness (QED) is 0.746. The number of rotatable bonds is 1. The van der Waals surface area contributed by atoms with Crippen molar-refractivity contribution in [1.82, 2.24) is 0 Å². The lowest BCUT2D eigenvalue weighted by atomic mass is 10.0. The van der Waals surface area contributed by atoms with Gasteiger partial charge in [0.15, 0.2) is 0 Å². The van der Waals surface area contributed by atoms with Crippen molar-refractivity contribution >= 4 is 17.3 Å². The molecule has 70 valence electrons. The van der Waals surface area contributed by atoms with Crippen LogP contribution in [0.2, 0.25) is 5.02 Å². The average Bonchev–Trinajstić information content (AvgIpc) is 2.18. The van der Waals surface area contributed by atoms with Crippen LogP contribution < -0.4 is 5.32 Å². The van der Waals surface area contributed by atoms with Crippen molar-refractivity contribution in [3.8, 4) is 0 Å². The largest absolute Gasteiger partial charge is 0.382 e. The topological polar surface area (TPSA) is 21.3 Å². The summed E-state index contributed by atoms with van der Waals surface area (Å²) in [5.74, 6) is 0. The molecule has 2 nitrogen and oxygen atoms in total. The second-order valence-corrected chi connectivity index (χ2v) is 3.62. The van der Waals surface area contributed by atoms with E-state index >= 15 is 0 Å². The monoisotopic (exact) mass is 197 g/mol. The van der Waals surface area contributed by atoms with Crippen LogP contribution in [0.1, 0.15) is 5.56 Å². The summed E-state index contributed by atoms with van der Waals surface area (Å²) in [5.41, 5.74) is 2.31. The molecule has 0 saturated carbocycles. The maximum absolute atomic E-state index is 6.07. The lowest BCUT2D eigenvalue weighted by molar-refractivity contribution is 0.111. The van der Waals surface area contributed by atoms with Crippen molar-refractivity contribution in [2.45, 2.75) is 12.5 Å². The van der Waals surface area contributed by atoms with Crippen molar-refractivity contribution in [2.24, 2.45) is 0 Å². The van der Waals surface area contributed by atoms with E-state index < -0.39 is 0 Å².